The second-order valence-electron chi connectivity index (χ2n) is 3.90. The topological polar surface area (TPSA) is 59.6 Å². The molecule has 1 aromatic carbocycles. The molecule has 1 amide bonds. The number of ether oxygens (including phenoxy) is 2. The Morgan fingerprint density at radius 1 is 1.37 bits per heavy atom. The lowest BCUT2D eigenvalue weighted by Gasteiger charge is -2.09. The Labute approximate surface area is 118 Å². The van der Waals surface area contributed by atoms with E-state index in [1.54, 1.807) is 26.4 Å². The second-order valence-corrected chi connectivity index (χ2v) is 4.31. The number of anilines is 1. The van der Waals surface area contributed by atoms with E-state index < -0.39 is 0 Å². The van der Waals surface area contributed by atoms with Crippen molar-refractivity contribution in [3.8, 4) is 5.75 Å². The third-order valence-electron chi connectivity index (χ3n) is 2.45. The highest BCUT2D eigenvalue weighted by atomic mass is 35.5. The van der Waals surface area contributed by atoms with Crippen LogP contribution >= 0.6 is 11.6 Å². The summed E-state index contributed by atoms with van der Waals surface area (Å²) in [6, 6.07) is 5.28. The van der Waals surface area contributed by atoms with Gasteiger partial charge in [-0.2, -0.15) is 0 Å². The summed E-state index contributed by atoms with van der Waals surface area (Å²) >= 11 is 5.98. The van der Waals surface area contributed by atoms with Gasteiger partial charge in [0.15, 0.2) is 0 Å². The number of carbonyl (C=O) groups is 1. The monoisotopic (exact) mass is 286 g/mol. The first-order valence-electron chi connectivity index (χ1n) is 6.00. The molecule has 1 rings (SSSR count). The van der Waals surface area contributed by atoms with E-state index in [0.29, 0.717) is 23.9 Å². The van der Waals surface area contributed by atoms with E-state index in [1.165, 1.54) is 0 Å². The molecule has 0 unspecified atom stereocenters. The van der Waals surface area contributed by atoms with Crippen molar-refractivity contribution >= 4 is 23.2 Å². The summed E-state index contributed by atoms with van der Waals surface area (Å²) in [6.07, 6.45) is 0.802. The molecule has 106 valence electrons. The lowest BCUT2D eigenvalue weighted by atomic mass is 10.3. The van der Waals surface area contributed by atoms with Crippen LogP contribution in [0.25, 0.3) is 0 Å². The van der Waals surface area contributed by atoms with Crippen molar-refractivity contribution in [3.05, 3.63) is 23.2 Å². The zero-order valence-electron chi connectivity index (χ0n) is 11.2. The van der Waals surface area contributed by atoms with Crippen LogP contribution in [-0.2, 0) is 9.53 Å². The zero-order chi connectivity index (χ0) is 14.1. The third kappa shape index (κ3) is 5.81. The minimum absolute atomic E-state index is 0.0666. The van der Waals surface area contributed by atoms with Crippen LogP contribution in [0.5, 0.6) is 5.75 Å². The number of methoxy groups -OCH3 is 2. The number of nitrogens with one attached hydrogen (secondary N) is 2. The lowest BCUT2D eigenvalue weighted by Crippen LogP contribution is -2.31. The second kappa shape index (κ2) is 8.61. The van der Waals surface area contributed by atoms with Crippen molar-refractivity contribution < 1.29 is 14.3 Å². The summed E-state index contributed by atoms with van der Waals surface area (Å²) in [5.74, 6) is 0.541. The highest BCUT2D eigenvalue weighted by molar-refractivity contribution is 6.32. The molecule has 2 N–H and O–H groups in total. The molecule has 0 fully saturated rings. The molecule has 0 bridgehead atoms. The maximum Gasteiger partial charge on any atom is 0.239 e. The molecule has 0 spiro atoms. The van der Waals surface area contributed by atoms with E-state index >= 15 is 0 Å². The van der Waals surface area contributed by atoms with Gasteiger partial charge in [0.05, 0.1) is 18.7 Å². The van der Waals surface area contributed by atoms with E-state index in [0.717, 1.165) is 12.1 Å². The predicted molar refractivity (Wildman–Crippen MR) is 76.0 cm³/mol. The fourth-order valence-electron chi connectivity index (χ4n) is 1.47. The Balaban J connectivity index is 2.32. The van der Waals surface area contributed by atoms with Gasteiger partial charge in [-0.3, -0.25) is 4.79 Å². The van der Waals surface area contributed by atoms with Gasteiger partial charge in [0, 0.05) is 25.9 Å². The average molecular weight is 287 g/mol. The molecule has 0 aromatic heterocycles. The van der Waals surface area contributed by atoms with E-state index in [-0.39, 0.29) is 12.5 Å². The Bertz CT molecular complexity index is 413. The van der Waals surface area contributed by atoms with Crippen LogP contribution in [0.2, 0.25) is 5.02 Å². The maximum atomic E-state index is 11.5. The van der Waals surface area contributed by atoms with Gasteiger partial charge >= 0.3 is 0 Å². The molecule has 0 aliphatic carbocycles. The molecule has 0 saturated heterocycles. The van der Waals surface area contributed by atoms with Crippen molar-refractivity contribution in [2.24, 2.45) is 0 Å². The number of hydrogen-bond donors (Lipinski definition) is 2. The summed E-state index contributed by atoms with van der Waals surface area (Å²) in [7, 11) is 3.19. The zero-order valence-corrected chi connectivity index (χ0v) is 11.9. The molecule has 0 saturated carbocycles. The number of hydrogen-bond acceptors (Lipinski definition) is 4. The molecule has 0 aliphatic heterocycles. The first-order chi connectivity index (χ1) is 9.17. The summed E-state index contributed by atoms with van der Waals surface area (Å²) in [5, 5.41) is 6.29. The van der Waals surface area contributed by atoms with Crippen molar-refractivity contribution in [2.75, 3.05) is 39.2 Å². The van der Waals surface area contributed by atoms with Crippen LogP contribution < -0.4 is 15.4 Å². The minimum atomic E-state index is -0.0666. The summed E-state index contributed by atoms with van der Waals surface area (Å²) in [6.45, 7) is 1.45. The van der Waals surface area contributed by atoms with Crippen LogP contribution in [0.1, 0.15) is 6.42 Å². The van der Waals surface area contributed by atoms with Gasteiger partial charge < -0.3 is 20.1 Å². The van der Waals surface area contributed by atoms with Gasteiger partial charge in [-0.1, -0.05) is 11.6 Å². The first-order valence-corrected chi connectivity index (χ1v) is 6.38. The normalized spacial score (nSPS) is 10.1. The first kappa shape index (κ1) is 15.6. The van der Waals surface area contributed by atoms with Gasteiger partial charge in [0.1, 0.15) is 5.75 Å². The van der Waals surface area contributed by atoms with E-state index in [2.05, 4.69) is 10.6 Å². The number of benzene rings is 1. The molecule has 1 aromatic rings. The van der Waals surface area contributed by atoms with Gasteiger partial charge in [0.25, 0.3) is 0 Å². The lowest BCUT2D eigenvalue weighted by molar-refractivity contribution is -0.119. The van der Waals surface area contributed by atoms with Crippen molar-refractivity contribution in [3.63, 3.8) is 0 Å². The van der Waals surface area contributed by atoms with Crippen LogP contribution in [0.15, 0.2) is 18.2 Å². The average Bonchev–Trinajstić information content (AvgIpc) is 2.41. The van der Waals surface area contributed by atoms with Gasteiger partial charge in [0.2, 0.25) is 5.91 Å². The van der Waals surface area contributed by atoms with Crippen molar-refractivity contribution in [1.29, 1.82) is 0 Å². The molecule has 0 radical (unpaired) electrons. The Hall–Kier alpha value is -1.46. The summed E-state index contributed by atoms with van der Waals surface area (Å²) < 4.78 is 9.95. The fraction of sp³-hybridized carbons (Fsp3) is 0.462. The van der Waals surface area contributed by atoms with Gasteiger partial charge in [-0.25, -0.2) is 0 Å². The summed E-state index contributed by atoms with van der Waals surface area (Å²) in [4.78, 5) is 11.5. The smallest absolute Gasteiger partial charge is 0.239 e. The maximum absolute atomic E-state index is 11.5. The van der Waals surface area contributed by atoms with Crippen LogP contribution in [0.3, 0.4) is 0 Å². The molecule has 19 heavy (non-hydrogen) atoms. The summed E-state index contributed by atoms with van der Waals surface area (Å²) in [5.41, 5.74) is 0.776. The van der Waals surface area contributed by atoms with Gasteiger partial charge in [-0.15, -0.1) is 0 Å². The number of amides is 1. The highest BCUT2D eigenvalue weighted by Gasteiger charge is 2.03. The molecule has 6 heteroatoms. The van der Waals surface area contributed by atoms with Gasteiger partial charge in [-0.05, 0) is 24.6 Å². The quantitative estimate of drug-likeness (QED) is 0.717. The highest BCUT2D eigenvalue weighted by Crippen LogP contribution is 2.26. The van der Waals surface area contributed by atoms with E-state index in [1.807, 2.05) is 6.07 Å². The van der Waals surface area contributed by atoms with E-state index in [9.17, 15) is 4.79 Å². The van der Waals surface area contributed by atoms with Crippen LogP contribution in [0.4, 0.5) is 5.69 Å². The largest absolute Gasteiger partial charge is 0.495 e. The van der Waals surface area contributed by atoms with Crippen LogP contribution in [-0.4, -0.2) is 39.8 Å². The Morgan fingerprint density at radius 3 is 2.79 bits per heavy atom. The number of halogens is 1. The Kier molecular flexibility index (Phi) is 7.07. The minimum Gasteiger partial charge on any atom is -0.495 e. The molecule has 0 atom stereocenters. The SMILES string of the molecule is COCCCNC(=O)CNc1ccc(OC)c(Cl)c1. The fourth-order valence-corrected chi connectivity index (χ4v) is 1.72. The third-order valence-corrected chi connectivity index (χ3v) is 2.75. The van der Waals surface area contributed by atoms with Crippen LogP contribution in [0, 0.1) is 0 Å². The van der Waals surface area contributed by atoms with Crippen molar-refractivity contribution in [2.45, 2.75) is 6.42 Å². The molecular weight excluding hydrogens is 268 g/mol. The molecule has 0 heterocycles. The predicted octanol–water partition coefficient (Wildman–Crippen LogP) is 1.91. The molecule has 5 nitrogen and oxygen atoms in total. The standard InChI is InChI=1S/C13H19ClN2O3/c1-18-7-3-6-15-13(17)9-16-10-4-5-12(19-2)11(14)8-10/h4-5,8,16H,3,6-7,9H2,1-2H3,(H,15,17). The van der Waals surface area contributed by atoms with E-state index in [4.69, 9.17) is 21.1 Å². The number of rotatable bonds is 8. The number of carbonyl (C=O) groups excluding carboxylic acids is 1. The van der Waals surface area contributed by atoms with Crippen molar-refractivity contribution in [1.82, 2.24) is 5.32 Å². The molecular formula is C13H19ClN2O3. The Morgan fingerprint density at radius 2 is 2.16 bits per heavy atom. The molecule has 0 aliphatic rings.